The molecule has 29 heavy (non-hydrogen) atoms. The van der Waals surface area contributed by atoms with Gasteiger partial charge in [-0.25, -0.2) is 0 Å². The second-order valence-electron chi connectivity index (χ2n) is 6.75. The minimum absolute atomic E-state index is 0.127. The number of carbonyl (C=O) groups is 1. The summed E-state index contributed by atoms with van der Waals surface area (Å²) in [6.45, 7) is 5.98. The first kappa shape index (κ1) is 20.4. The van der Waals surface area contributed by atoms with Crippen LogP contribution in [0.3, 0.4) is 0 Å². The summed E-state index contributed by atoms with van der Waals surface area (Å²) in [6, 6.07) is 13.3. The summed E-state index contributed by atoms with van der Waals surface area (Å²) in [5.74, 6) is 1.95. The van der Waals surface area contributed by atoms with Crippen LogP contribution in [-0.4, -0.2) is 29.3 Å². The minimum Gasteiger partial charge on any atom is -0.497 e. The van der Waals surface area contributed by atoms with E-state index in [1.165, 1.54) is 0 Å². The molecule has 0 aliphatic carbocycles. The highest BCUT2D eigenvalue weighted by atomic mass is 16.5. The Hall–Kier alpha value is -3.35. The number of ether oxygens (including phenoxy) is 2. The van der Waals surface area contributed by atoms with Crippen LogP contribution in [0.5, 0.6) is 11.5 Å². The summed E-state index contributed by atoms with van der Waals surface area (Å²) in [6.07, 6.45) is -0.0609. The van der Waals surface area contributed by atoms with Crippen LogP contribution in [0.1, 0.15) is 30.4 Å². The SMILES string of the molecule is CC[C@H](Oc1cc(C)ccc1C)C(=O)NCc1nc(-c2cccc(OC)c2)no1. The fourth-order valence-corrected chi connectivity index (χ4v) is 2.79. The molecule has 3 rings (SSSR count). The summed E-state index contributed by atoms with van der Waals surface area (Å²) in [7, 11) is 1.60. The lowest BCUT2D eigenvalue weighted by Crippen LogP contribution is -2.37. The lowest BCUT2D eigenvalue weighted by atomic mass is 10.1. The van der Waals surface area contributed by atoms with E-state index in [1.54, 1.807) is 7.11 Å². The second kappa shape index (κ2) is 9.23. The van der Waals surface area contributed by atoms with Gasteiger partial charge in [0.1, 0.15) is 11.5 Å². The molecule has 1 aromatic heterocycles. The Labute approximate surface area is 170 Å². The van der Waals surface area contributed by atoms with Gasteiger partial charge in [0.2, 0.25) is 11.7 Å². The molecule has 7 nitrogen and oxygen atoms in total. The van der Waals surface area contributed by atoms with Gasteiger partial charge in [0, 0.05) is 5.56 Å². The number of methoxy groups -OCH3 is 1. The highest BCUT2D eigenvalue weighted by molar-refractivity contribution is 5.81. The van der Waals surface area contributed by atoms with Crippen molar-refractivity contribution >= 4 is 5.91 Å². The van der Waals surface area contributed by atoms with E-state index in [1.807, 2.05) is 63.2 Å². The predicted molar refractivity (Wildman–Crippen MR) is 109 cm³/mol. The average molecular weight is 395 g/mol. The van der Waals surface area contributed by atoms with Gasteiger partial charge in [-0.15, -0.1) is 0 Å². The number of nitrogens with one attached hydrogen (secondary N) is 1. The van der Waals surface area contributed by atoms with Crippen molar-refractivity contribution in [2.75, 3.05) is 7.11 Å². The molecule has 0 saturated heterocycles. The van der Waals surface area contributed by atoms with Crippen LogP contribution in [0.25, 0.3) is 11.4 Å². The van der Waals surface area contributed by atoms with Gasteiger partial charge in [0.05, 0.1) is 13.7 Å². The first-order valence-electron chi connectivity index (χ1n) is 9.48. The van der Waals surface area contributed by atoms with Crippen LogP contribution in [0, 0.1) is 13.8 Å². The van der Waals surface area contributed by atoms with Crippen molar-refractivity contribution in [3.63, 3.8) is 0 Å². The van der Waals surface area contributed by atoms with Gasteiger partial charge >= 0.3 is 0 Å². The number of rotatable bonds is 8. The van der Waals surface area contributed by atoms with Crippen LogP contribution in [-0.2, 0) is 11.3 Å². The average Bonchev–Trinajstić information content (AvgIpc) is 3.21. The number of amides is 1. The molecule has 1 amide bonds. The third kappa shape index (κ3) is 5.13. The first-order valence-corrected chi connectivity index (χ1v) is 9.48. The van der Waals surface area contributed by atoms with Gasteiger partial charge in [-0.3, -0.25) is 4.79 Å². The zero-order valence-electron chi connectivity index (χ0n) is 17.1. The fraction of sp³-hybridized carbons (Fsp3) is 0.318. The van der Waals surface area contributed by atoms with Crippen molar-refractivity contribution in [3.05, 3.63) is 59.5 Å². The maximum Gasteiger partial charge on any atom is 0.261 e. The summed E-state index contributed by atoms with van der Waals surface area (Å²) in [5.41, 5.74) is 2.84. The topological polar surface area (TPSA) is 86.5 Å². The van der Waals surface area contributed by atoms with Crippen molar-refractivity contribution in [2.45, 2.75) is 39.8 Å². The first-order chi connectivity index (χ1) is 14.0. The van der Waals surface area contributed by atoms with Crippen molar-refractivity contribution in [2.24, 2.45) is 0 Å². The van der Waals surface area contributed by atoms with E-state index >= 15 is 0 Å². The molecule has 152 valence electrons. The quantitative estimate of drug-likeness (QED) is 0.624. The maximum absolute atomic E-state index is 12.6. The molecule has 1 atom stereocenters. The van der Waals surface area contributed by atoms with E-state index in [2.05, 4.69) is 15.5 Å². The lowest BCUT2D eigenvalue weighted by Gasteiger charge is -2.18. The van der Waals surface area contributed by atoms with E-state index in [-0.39, 0.29) is 12.5 Å². The molecule has 0 aliphatic heterocycles. The third-order valence-corrected chi connectivity index (χ3v) is 4.49. The molecule has 0 spiro atoms. The summed E-state index contributed by atoms with van der Waals surface area (Å²) >= 11 is 0. The molecule has 0 radical (unpaired) electrons. The monoisotopic (exact) mass is 395 g/mol. The molecular formula is C22H25N3O4. The van der Waals surface area contributed by atoms with Crippen molar-refractivity contribution in [1.29, 1.82) is 0 Å². The van der Waals surface area contributed by atoms with Gasteiger partial charge in [-0.2, -0.15) is 4.98 Å². The van der Waals surface area contributed by atoms with Crippen molar-refractivity contribution < 1.29 is 18.8 Å². The van der Waals surface area contributed by atoms with Gasteiger partial charge < -0.3 is 19.3 Å². The minimum atomic E-state index is -0.601. The van der Waals surface area contributed by atoms with Gasteiger partial charge in [0.25, 0.3) is 5.91 Å². The van der Waals surface area contributed by atoms with Crippen LogP contribution in [0.2, 0.25) is 0 Å². The van der Waals surface area contributed by atoms with E-state index in [0.717, 1.165) is 16.7 Å². The number of carbonyl (C=O) groups excluding carboxylic acids is 1. The molecule has 2 aromatic carbocycles. The van der Waals surface area contributed by atoms with E-state index in [4.69, 9.17) is 14.0 Å². The molecule has 1 N–H and O–H groups in total. The van der Waals surface area contributed by atoms with E-state index < -0.39 is 6.10 Å². The van der Waals surface area contributed by atoms with Gasteiger partial charge in [-0.1, -0.05) is 36.3 Å². The summed E-state index contributed by atoms with van der Waals surface area (Å²) < 4.78 is 16.4. The van der Waals surface area contributed by atoms with Crippen LogP contribution in [0.15, 0.2) is 47.0 Å². The van der Waals surface area contributed by atoms with Crippen LogP contribution in [0.4, 0.5) is 0 Å². The Morgan fingerprint density at radius 1 is 1.21 bits per heavy atom. The molecular weight excluding hydrogens is 370 g/mol. The molecule has 7 heteroatoms. The second-order valence-corrected chi connectivity index (χ2v) is 6.75. The highest BCUT2D eigenvalue weighted by Crippen LogP contribution is 2.22. The lowest BCUT2D eigenvalue weighted by molar-refractivity contribution is -0.128. The number of aryl methyl sites for hydroxylation is 2. The number of hydrogen-bond acceptors (Lipinski definition) is 6. The standard InChI is InChI=1S/C22H25N3O4/c1-5-18(28-19-11-14(2)9-10-15(19)3)22(26)23-13-20-24-21(25-29-20)16-7-6-8-17(12-16)27-4/h6-12,18H,5,13H2,1-4H3,(H,23,26)/t18-/m0/s1. The third-order valence-electron chi connectivity index (χ3n) is 4.49. The molecule has 3 aromatic rings. The van der Waals surface area contributed by atoms with Gasteiger partial charge in [0.15, 0.2) is 6.10 Å². The van der Waals surface area contributed by atoms with Crippen LogP contribution < -0.4 is 14.8 Å². The molecule has 0 bridgehead atoms. The predicted octanol–water partition coefficient (Wildman–Crippen LogP) is 3.84. The zero-order chi connectivity index (χ0) is 20.8. The Balaban J connectivity index is 1.62. The van der Waals surface area contributed by atoms with Crippen molar-refractivity contribution in [1.82, 2.24) is 15.5 Å². The smallest absolute Gasteiger partial charge is 0.261 e. The summed E-state index contributed by atoms with van der Waals surface area (Å²) in [4.78, 5) is 16.9. The van der Waals surface area contributed by atoms with Crippen molar-refractivity contribution in [3.8, 4) is 22.9 Å². The molecule has 0 aliphatic rings. The van der Waals surface area contributed by atoms with E-state index in [9.17, 15) is 4.79 Å². The molecule has 0 fully saturated rings. The Bertz CT molecular complexity index is 984. The number of benzene rings is 2. The van der Waals surface area contributed by atoms with Crippen LogP contribution >= 0.6 is 0 Å². The molecule has 1 heterocycles. The van der Waals surface area contributed by atoms with Gasteiger partial charge in [-0.05, 0) is 49.6 Å². The Morgan fingerprint density at radius 3 is 2.79 bits per heavy atom. The normalized spacial score (nSPS) is 11.7. The highest BCUT2D eigenvalue weighted by Gasteiger charge is 2.20. The zero-order valence-corrected chi connectivity index (χ0v) is 17.1. The fourth-order valence-electron chi connectivity index (χ4n) is 2.79. The number of hydrogen-bond donors (Lipinski definition) is 1. The Morgan fingerprint density at radius 2 is 2.03 bits per heavy atom. The maximum atomic E-state index is 12.6. The largest absolute Gasteiger partial charge is 0.497 e. The molecule has 0 unspecified atom stereocenters. The van der Waals surface area contributed by atoms with E-state index in [0.29, 0.717) is 29.6 Å². The number of aromatic nitrogens is 2. The number of nitrogens with zero attached hydrogens (tertiary/aromatic N) is 2. The summed E-state index contributed by atoms with van der Waals surface area (Å²) in [5, 5.41) is 6.78. The Kier molecular flexibility index (Phi) is 6.49. The molecule has 0 saturated carbocycles.